The molecule has 0 amide bonds. The average molecular weight is 332 g/mol. The van der Waals surface area contributed by atoms with Gasteiger partial charge in [-0.3, -0.25) is 0 Å². The SMILES string of the molecule is N#Cc1ccc(C=C(C=Cc2ccccc2C#N)c2ccccc2)cc1. The van der Waals surface area contributed by atoms with E-state index in [-0.39, 0.29) is 0 Å². The van der Waals surface area contributed by atoms with Crippen LogP contribution in [0, 0.1) is 22.7 Å². The molecule has 3 aromatic carbocycles. The van der Waals surface area contributed by atoms with Gasteiger partial charge in [-0.2, -0.15) is 10.5 Å². The van der Waals surface area contributed by atoms with Gasteiger partial charge in [0.2, 0.25) is 0 Å². The molecule has 0 N–H and O–H groups in total. The van der Waals surface area contributed by atoms with Crippen LogP contribution in [0.15, 0.2) is 84.9 Å². The normalized spacial score (nSPS) is 11.1. The van der Waals surface area contributed by atoms with E-state index in [0.29, 0.717) is 11.1 Å². The molecule has 0 radical (unpaired) electrons. The lowest BCUT2D eigenvalue weighted by molar-refractivity contribution is 1.47. The zero-order valence-corrected chi connectivity index (χ0v) is 14.1. The van der Waals surface area contributed by atoms with Crippen molar-refractivity contribution >= 4 is 17.7 Å². The van der Waals surface area contributed by atoms with Crippen molar-refractivity contribution in [1.82, 2.24) is 0 Å². The second kappa shape index (κ2) is 8.29. The van der Waals surface area contributed by atoms with E-state index in [9.17, 15) is 5.26 Å². The first-order chi connectivity index (χ1) is 12.8. The number of hydrogen-bond donors (Lipinski definition) is 0. The summed E-state index contributed by atoms with van der Waals surface area (Å²) in [4.78, 5) is 0. The predicted molar refractivity (Wildman–Crippen MR) is 106 cm³/mol. The molecule has 0 atom stereocenters. The molecule has 0 aliphatic rings. The van der Waals surface area contributed by atoms with Crippen LogP contribution in [-0.4, -0.2) is 0 Å². The standard InChI is InChI=1S/C24H16N2/c25-17-20-12-10-19(11-13-20)16-23(21-6-2-1-3-7-21)15-14-22-8-4-5-9-24(22)18-26/h1-16H. The largest absolute Gasteiger partial charge is 0.192 e. The Morgan fingerprint density at radius 2 is 1.42 bits per heavy atom. The van der Waals surface area contributed by atoms with Gasteiger partial charge < -0.3 is 0 Å². The Morgan fingerprint density at radius 1 is 0.731 bits per heavy atom. The average Bonchev–Trinajstić information content (AvgIpc) is 2.72. The second-order valence-electron chi connectivity index (χ2n) is 5.73. The molecule has 26 heavy (non-hydrogen) atoms. The predicted octanol–water partition coefficient (Wildman–Crippen LogP) is 5.68. The first-order valence-corrected chi connectivity index (χ1v) is 8.24. The van der Waals surface area contributed by atoms with E-state index in [1.165, 1.54) is 0 Å². The van der Waals surface area contributed by atoms with Gasteiger partial charge in [-0.1, -0.05) is 72.8 Å². The van der Waals surface area contributed by atoms with Crippen LogP contribution in [0.1, 0.15) is 27.8 Å². The molecule has 3 rings (SSSR count). The van der Waals surface area contributed by atoms with Gasteiger partial charge in [0.15, 0.2) is 0 Å². The van der Waals surface area contributed by atoms with Gasteiger partial charge in [0.1, 0.15) is 0 Å². The third-order valence-electron chi connectivity index (χ3n) is 3.99. The van der Waals surface area contributed by atoms with E-state index in [0.717, 1.165) is 22.3 Å². The fourth-order valence-corrected chi connectivity index (χ4v) is 2.62. The third-order valence-corrected chi connectivity index (χ3v) is 3.99. The highest BCUT2D eigenvalue weighted by atomic mass is 14.2. The van der Waals surface area contributed by atoms with Crippen molar-refractivity contribution in [3.63, 3.8) is 0 Å². The van der Waals surface area contributed by atoms with Crippen molar-refractivity contribution in [1.29, 1.82) is 10.5 Å². The number of allylic oxidation sites excluding steroid dienone is 2. The van der Waals surface area contributed by atoms with Crippen LogP contribution in [0.4, 0.5) is 0 Å². The molecule has 3 aromatic rings. The second-order valence-corrected chi connectivity index (χ2v) is 5.73. The first-order valence-electron chi connectivity index (χ1n) is 8.24. The summed E-state index contributed by atoms with van der Waals surface area (Å²) < 4.78 is 0. The summed E-state index contributed by atoms with van der Waals surface area (Å²) in [5.41, 5.74) is 5.31. The Bertz CT molecular complexity index is 1030. The maximum absolute atomic E-state index is 9.26. The van der Waals surface area contributed by atoms with Gasteiger partial charge in [-0.15, -0.1) is 0 Å². The Labute approximate surface area is 153 Å². The maximum Gasteiger partial charge on any atom is 0.0997 e. The molecule has 0 spiro atoms. The molecule has 0 saturated carbocycles. The summed E-state index contributed by atoms with van der Waals surface area (Å²) in [7, 11) is 0. The molecule has 0 saturated heterocycles. The number of nitrogens with zero attached hydrogens (tertiary/aromatic N) is 2. The van der Waals surface area contributed by atoms with E-state index < -0.39 is 0 Å². The van der Waals surface area contributed by atoms with Gasteiger partial charge >= 0.3 is 0 Å². The molecule has 0 bridgehead atoms. The number of hydrogen-bond acceptors (Lipinski definition) is 2. The van der Waals surface area contributed by atoms with Gasteiger partial charge in [-0.05, 0) is 46.5 Å². The van der Waals surface area contributed by atoms with Crippen molar-refractivity contribution in [3.05, 3.63) is 113 Å². The van der Waals surface area contributed by atoms with Crippen LogP contribution in [0.25, 0.3) is 17.7 Å². The molecule has 2 nitrogen and oxygen atoms in total. The lowest BCUT2D eigenvalue weighted by Crippen LogP contribution is -1.84. The van der Waals surface area contributed by atoms with Gasteiger partial charge in [0.25, 0.3) is 0 Å². The zero-order chi connectivity index (χ0) is 18.2. The zero-order valence-electron chi connectivity index (χ0n) is 14.1. The van der Waals surface area contributed by atoms with E-state index >= 15 is 0 Å². The van der Waals surface area contributed by atoms with Gasteiger partial charge in [-0.25, -0.2) is 0 Å². The minimum absolute atomic E-state index is 0.641. The van der Waals surface area contributed by atoms with Crippen molar-refractivity contribution in [2.24, 2.45) is 0 Å². The molecule has 2 heteroatoms. The number of nitriles is 2. The monoisotopic (exact) mass is 332 g/mol. The molecule has 0 unspecified atom stereocenters. The first kappa shape index (κ1) is 17.0. The smallest absolute Gasteiger partial charge is 0.0997 e. The Balaban J connectivity index is 2.01. The molecular weight excluding hydrogens is 316 g/mol. The van der Waals surface area contributed by atoms with Gasteiger partial charge in [0.05, 0.1) is 23.3 Å². The van der Waals surface area contributed by atoms with E-state index in [1.54, 1.807) is 0 Å². The molecule has 0 aromatic heterocycles. The molecule has 0 heterocycles. The highest BCUT2D eigenvalue weighted by Gasteiger charge is 2.01. The summed E-state index contributed by atoms with van der Waals surface area (Å²) in [5, 5.41) is 18.2. The number of benzene rings is 3. The van der Waals surface area contributed by atoms with Crippen LogP contribution in [0.2, 0.25) is 0 Å². The lowest BCUT2D eigenvalue weighted by Gasteiger charge is -2.04. The number of rotatable bonds is 4. The van der Waals surface area contributed by atoms with Crippen LogP contribution >= 0.6 is 0 Å². The molecular formula is C24H16N2. The quantitative estimate of drug-likeness (QED) is 0.455. The minimum atomic E-state index is 0.641. The Morgan fingerprint density at radius 3 is 2.12 bits per heavy atom. The van der Waals surface area contributed by atoms with Gasteiger partial charge in [0, 0.05) is 0 Å². The minimum Gasteiger partial charge on any atom is -0.192 e. The summed E-state index contributed by atoms with van der Waals surface area (Å²) >= 11 is 0. The van der Waals surface area contributed by atoms with Crippen molar-refractivity contribution < 1.29 is 0 Å². The highest BCUT2D eigenvalue weighted by molar-refractivity contribution is 5.90. The molecule has 122 valence electrons. The van der Waals surface area contributed by atoms with Crippen molar-refractivity contribution in [2.45, 2.75) is 0 Å². The summed E-state index contributed by atoms with van der Waals surface area (Å²) in [5.74, 6) is 0. The fraction of sp³-hybridized carbons (Fsp3) is 0. The molecule has 0 fully saturated rings. The fourth-order valence-electron chi connectivity index (χ4n) is 2.62. The third kappa shape index (κ3) is 4.15. The van der Waals surface area contributed by atoms with Crippen LogP contribution in [0.3, 0.4) is 0 Å². The topological polar surface area (TPSA) is 47.6 Å². The molecule has 0 aliphatic carbocycles. The highest BCUT2D eigenvalue weighted by Crippen LogP contribution is 2.22. The lowest BCUT2D eigenvalue weighted by atomic mass is 10.00. The van der Waals surface area contributed by atoms with E-state index in [1.807, 2.05) is 78.9 Å². The molecule has 0 aliphatic heterocycles. The van der Waals surface area contributed by atoms with E-state index in [2.05, 4.69) is 30.3 Å². The Kier molecular flexibility index (Phi) is 5.41. The maximum atomic E-state index is 9.26. The van der Waals surface area contributed by atoms with Crippen LogP contribution < -0.4 is 0 Å². The van der Waals surface area contributed by atoms with Crippen LogP contribution in [0.5, 0.6) is 0 Å². The van der Waals surface area contributed by atoms with E-state index in [4.69, 9.17) is 5.26 Å². The van der Waals surface area contributed by atoms with Crippen molar-refractivity contribution in [2.75, 3.05) is 0 Å². The van der Waals surface area contributed by atoms with Crippen molar-refractivity contribution in [3.8, 4) is 12.1 Å². The summed E-state index contributed by atoms with van der Waals surface area (Å²) in [6.45, 7) is 0. The Hall–Kier alpha value is -3.88. The summed E-state index contributed by atoms with van der Waals surface area (Å²) in [6.07, 6.45) is 6.05. The summed E-state index contributed by atoms with van der Waals surface area (Å²) in [6, 6.07) is 29.4. The van der Waals surface area contributed by atoms with Crippen LogP contribution in [-0.2, 0) is 0 Å².